The molecule has 3 aromatic rings. The van der Waals surface area contributed by atoms with E-state index in [0.29, 0.717) is 23.3 Å². The van der Waals surface area contributed by atoms with Gasteiger partial charge in [0.25, 0.3) is 5.56 Å². The predicted octanol–water partition coefficient (Wildman–Crippen LogP) is 3.62. The molecule has 0 saturated carbocycles. The standard InChI is InChI=1S/C20H22N4O2S2/c1-26-14-8-4-2-6-12(14)10-22-20(21)27-11-16-23-18(25)17-13-7-3-5-9-15(13)28-19(17)24-16/h2,4,6,8H,3,5,7,9-11H2,1H3,(H2,21,22)(H,23,24,25). The number of methoxy groups -OCH3 is 1. The van der Waals surface area contributed by atoms with Gasteiger partial charge in [0.2, 0.25) is 0 Å². The average molecular weight is 415 g/mol. The van der Waals surface area contributed by atoms with E-state index >= 15 is 0 Å². The summed E-state index contributed by atoms with van der Waals surface area (Å²) in [5, 5.41) is 1.24. The number of hydrogen-bond acceptors (Lipinski definition) is 6. The van der Waals surface area contributed by atoms with Gasteiger partial charge in [-0.3, -0.25) is 9.79 Å². The number of thiophene rings is 1. The maximum atomic E-state index is 12.6. The summed E-state index contributed by atoms with van der Waals surface area (Å²) in [7, 11) is 1.64. The Hall–Kier alpha value is -2.32. The molecule has 2 aromatic heterocycles. The van der Waals surface area contributed by atoms with Crippen molar-refractivity contribution in [3.8, 4) is 5.75 Å². The second-order valence-electron chi connectivity index (χ2n) is 6.66. The van der Waals surface area contributed by atoms with Gasteiger partial charge in [-0.1, -0.05) is 30.0 Å². The van der Waals surface area contributed by atoms with Crippen molar-refractivity contribution >= 4 is 38.5 Å². The van der Waals surface area contributed by atoms with Crippen LogP contribution < -0.4 is 16.0 Å². The number of nitrogens with two attached hydrogens (primary N) is 1. The first-order chi connectivity index (χ1) is 13.7. The van der Waals surface area contributed by atoms with Crippen molar-refractivity contribution in [2.75, 3.05) is 7.11 Å². The number of rotatable bonds is 5. The number of ether oxygens (including phenoxy) is 1. The number of fused-ring (bicyclic) bond motifs is 3. The van der Waals surface area contributed by atoms with Gasteiger partial charge in [-0.05, 0) is 37.3 Å². The second-order valence-corrected chi connectivity index (χ2v) is 8.74. The molecule has 1 aromatic carbocycles. The summed E-state index contributed by atoms with van der Waals surface area (Å²) in [6.07, 6.45) is 4.38. The smallest absolute Gasteiger partial charge is 0.259 e. The van der Waals surface area contributed by atoms with Crippen LogP contribution in [0.4, 0.5) is 0 Å². The zero-order chi connectivity index (χ0) is 19.5. The lowest BCUT2D eigenvalue weighted by atomic mass is 9.97. The molecular weight excluding hydrogens is 392 g/mol. The number of aromatic nitrogens is 2. The number of amidine groups is 1. The first kappa shape index (κ1) is 19.0. The van der Waals surface area contributed by atoms with Crippen molar-refractivity contribution in [1.29, 1.82) is 0 Å². The highest BCUT2D eigenvalue weighted by Gasteiger charge is 2.19. The van der Waals surface area contributed by atoms with E-state index in [1.54, 1.807) is 18.4 Å². The van der Waals surface area contributed by atoms with Crippen LogP contribution in [-0.2, 0) is 25.1 Å². The van der Waals surface area contributed by atoms with Gasteiger partial charge >= 0.3 is 0 Å². The zero-order valence-electron chi connectivity index (χ0n) is 15.7. The highest BCUT2D eigenvalue weighted by atomic mass is 32.2. The molecule has 8 heteroatoms. The molecule has 3 N–H and O–H groups in total. The topological polar surface area (TPSA) is 93.4 Å². The summed E-state index contributed by atoms with van der Waals surface area (Å²) in [6.45, 7) is 0.448. The van der Waals surface area contributed by atoms with Crippen molar-refractivity contribution in [2.24, 2.45) is 10.7 Å². The molecule has 28 heavy (non-hydrogen) atoms. The van der Waals surface area contributed by atoms with Gasteiger partial charge in [-0.15, -0.1) is 11.3 Å². The van der Waals surface area contributed by atoms with Crippen LogP contribution in [0.3, 0.4) is 0 Å². The highest BCUT2D eigenvalue weighted by molar-refractivity contribution is 8.13. The predicted molar refractivity (Wildman–Crippen MR) is 116 cm³/mol. The molecular formula is C20H22N4O2S2. The van der Waals surface area contributed by atoms with Gasteiger partial charge in [0, 0.05) is 10.4 Å². The minimum Gasteiger partial charge on any atom is -0.496 e. The lowest BCUT2D eigenvalue weighted by molar-refractivity contribution is 0.410. The molecule has 1 aliphatic rings. The Morgan fingerprint density at radius 3 is 3.04 bits per heavy atom. The van der Waals surface area contributed by atoms with E-state index in [4.69, 9.17) is 10.5 Å². The molecule has 1 aliphatic carbocycles. The molecule has 0 saturated heterocycles. The number of thioether (sulfide) groups is 1. The van der Waals surface area contributed by atoms with E-state index in [0.717, 1.165) is 40.8 Å². The highest BCUT2D eigenvalue weighted by Crippen LogP contribution is 2.33. The molecule has 0 bridgehead atoms. The third-order valence-electron chi connectivity index (χ3n) is 4.83. The monoisotopic (exact) mass is 414 g/mol. The number of aryl methyl sites for hydroxylation is 2. The number of benzene rings is 1. The van der Waals surface area contributed by atoms with Crippen molar-refractivity contribution in [3.05, 3.63) is 56.4 Å². The summed E-state index contributed by atoms with van der Waals surface area (Å²) in [4.78, 5) is 26.8. The molecule has 0 atom stereocenters. The number of nitrogens with zero attached hydrogens (tertiary/aromatic N) is 2. The van der Waals surface area contributed by atoms with E-state index in [9.17, 15) is 4.79 Å². The van der Waals surface area contributed by atoms with Crippen LogP contribution in [-0.4, -0.2) is 22.2 Å². The molecule has 0 radical (unpaired) electrons. The molecule has 146 valence electrons. The summed E-state index contributed by atoms with van der Waals surface area (Å²) in [6, 6.07) is 7.73. The maximum Gasteiger partial charge on any atom is 0.259 e. The van der Waals surface area contributed by atoms with Gasteiger partial charge in [0.15, 0.2) is 5.17 Å². The fourth-order valence-corrected chi connectivity index (χ4v) is 5.32. The molecule has 2 heterocycles. The van der Waals surface area contributed by atoms with Crippen LogP contribution in [0, 0.1) is 0 Å². The van der Waals surface area contributed by atoms with Crippen molar-refractivity contribution in [2.45, 2.75) is 38.0 Å². The van der Waals surface area contributed by atoms with Crippen LogP contribution in [0.25, 0.3) is 10.2 Å². The molecule has 0 aliphatic heterocycles. The van der Waals surface area contributed by atoms with E-state index in [1.807, 2.05) is 24.3 Å². The molecule has 6 nitrogen and oxygen atoms in total. The Morgan fingerprint density at radius 2 is 2.18 bits per heavy atom. The first-order valence-electron chi connectivity index (χ1n) is 9.23. The minimum atomic E-state index is -0.0375. The quantitative estimate of drug-likeness (QED) is 0.491. The van der Waals surface area contributed by atoms with E-state index in [1.165, 1.54) is 28.6 Å². The second kappa shape index (κ2) is 8.36. The van der Waals surface area contributed by atoms with Crippen molar-refractivity contribution in [1.82, 2.24) is 9.97 Å². The number of nitrogens with one attached hydrogen (secondary N) is 1. The number of hydrogen-bond donors (Lipinski definition) is 2. The van der Waals surface area contributed by atoms with Crippen LogP contribution in [0.1, 0.15) is 34.7 Å². The Kier molecular flexibility index (Phi) is 5.68. The fourth-order valence-electron chi connectivity index (χ4n) is 3.46. The number of para-hydroxylation sites is 1. The largest absolute Gasteiger partial charge is 0.496 e. The van der Waals surface area contributed by atoms with Crippen molar-refractivity contribution in [3.63, 3.8) is 0 Å². The van der Waals surface area contributed by atoms with Crippen LogP contribution >= 0.6 is 23.1 Å². The van der Waals surface area contributed by atoms with Gasteiger partial charge < -0.3 is 15.5 Å². The van der Waals surface area contributed by atoms with Gasteiger partial charge in [-0.25, -0.2) is 4.98 Å². The lowest BCUT2D eigenvalue weighted by Gasteiger charge is -2.09. The number of aliphatic imine (C=N–C) groups is 1. The summed E-state index contributed by atoms with van der Waals surface area (Å²) >= 11 is 3.03. The van der Waals surface area contributed by atoms with Crippen molar-refractivity contribution < 1.29 is 4.74 Å². The van der Waals surface area contributed by atoms with E-state index in [2.05, 4.69) is 15.0 Å². The van der Waals surface area contributed by atoms with Gasteiger partial charge in [-0.2, -0.15) is 0 Å². The minimum absolute atomic E-state index is 0.0375. The molecule has 4 rings (SSSR count). The van der Waals surface area contributed by atoms with Crippen LogP contribution in [0.15, 0.2) is 34.1 Å². The Balaban J connectivity index is 1.47. The van der Waals surface area contributed by atoms with Crippen LogP contribution in [0.2, 0.25) is 0 Å². The lowest BCUT2D eigenvalue weighted by Crippen LogP contribution is -2.14. The summed E-state index contributed by atoms with van der Waals surface area (Å²) in [5.41, 5.74) is 8.19. The molecule has 0 unspecified atom stereocenters. The zero-order valence-corrected chi connectivity index (χ0v) is 17.3. The molecule has 0 amide bonds. The Morgan fingerprint density at radius 1 is 1.36 bits per heavy atom. The van der Waals surface area contributed by atoms with Gasteiger partial charge in [0.05, 0.1) is 24.8 Å². The third-order valence-corrected chi connectivity index (χ3v) is 6.86. The molecule has 0 spiro atoms. The average Bonchev–Trinajstić information content (AvgIpc) is 3.09. The van der Waals surface area contributed by atoms with E-state index < -0.39 is 0 Å². The van der Waals surface area contributed by atoms with Crippen LogP contribution in [0.5, 0.6) is 5.75 Å². The molecule has 0 fully saturated rings. The third kappa shape index (κ3) is 3.93. The summed E-state index contributed by atoms with van der Waals surface area (Å²) in [5.74, 6) is 1.91. The van der Waals surface area contributed by atoms with Gasteiger partial charge in [0.1, 0.15) is 16.4 Å². The maximum absolute atomic E-state index is 12.6. The van der Waals surface area contributed by atoms with E-state index in [-0.39, 0.29) is 5.56 Å². The Bertz CT molecular complexity index is 1090. The summed E-state index contributed by atoms with van der Waals surface area (Å²) < 4.78 is 5.33. The normalized spacial score (nSPS) is 14.2. The number of H-pyrrole nitrogens is 1. The fraction of sp³-hybridized carbons (Fsp3) is 0.350. The first-order valence-corrected chi connectivity index (χ1v) is 11.0. The Labute approximate surface area is 171 Å². The SMILES string of the molecule is COc1ccccc1CN=C(N)SCc1nc2sc3c(c2c(=O)[nH]1)CCCC3. The number of aromatic amines is 1.